The number of carboxylic acid groups (broad SMARTS) is 1. The van der Waals surface area contributed by atoms with Crippen LogP contribution in [0.4, 0.5) is 4.79 Å². The lowest BCUT2D eigenvalue weighted by molar-refractivity contribution is 0.0691. The Balaban J connectivity index is 1.31. The van der Waals surface area contributed by atoms with Crippen molar-refractivity contribution in [2.24, 2.45) is 0 Å². The molecule has 29 heavy (non-hydrogen) atoms. The number of aromatic carboxylic acids is 1. The van der Waals surface area contributed by atoms with Crippen LogP contribution < -0.4 is 0 Å². The van der Waals surface area contributed by atoms with Gasteiger partial charge in [0, 0.05) is 18.2 Å². The summed E-state index contributed by atoms with van der Waals surface area (Å²) in [7, 11) is 0. The number of H-pyrrole nitrogens is 1. The zero-order chi connectivity index (χ0) is 20.0. The molecule has 1 aromatic heterocycles. The Kier molecular flexibility index (Phi) is 4.12. The zero-order valence-corrected chi connectivity index (χ0v) is 15.7. The SMILES string of the molecule is O=C(O)c1cc2c([nH]1)CN(C(=O)OCC1c3ccccc3-c3ccccc31)CC2. The number of nitrogens with one attached hydrogen (secondary N) is 1. The molecule has 0 saturated carbocycles. The lowest BCUT2D eigenvalue weighted by Crippen LogP contribution is -2.36. The molecule has 0 spiro atoms. The lowest BCUT2D eigenvalue weighted by Gasteiger charge is -2.27. The van der Waals surface area contributed by atoms with Gasteiger partial charge in [-0.15, -0.1) is 0 Å². The maximum absolute atomic E-state index is 12.7. The van der Waals surface area contributed by atoms with Crippen molar-refractivity contribution in [2.45, 2.75) is 18.9 Å². The molecule has 3 aromatic rings. The number of hydrogen-bond donors (Lipinski definition) is 2. The van der Waals surface area contributed by atoms with Crippen LogP contribution in [0.5, 0.6) is 0 Å². The van der Waals surface area contributed by atoms with Crippen LogP contribution in [0.3, 0.4) is 0 Å². The van der Waals surface area contributed by atoms with Gasteiger partial charge in [-0.3, -0.25) is 0 Å². The van der Waals surface area contributed by atoms with E-state index in [2.05, 4.69) is 29.2 Å². The minimum atomic E-state index is -0.993. The standard InChI is InChI=1S/C23H20N2O4/c26-22(27)20-11-14-9-10-25(12-21(14)24-20)23(28)29-13-19-17-7-3-1-5-15(17)16-6-2-4-8-18(16)19/h1-8,11,19,24H,9-10,12-13H2,(H,26,27). The molecule has 146 valence electrons. The fourth-order valence-corrected chi connectivity index (χ4v) is 4.39. The normalized spacial score (nSPS) is 14.8. The highest BCUT2D eigenvalue weighted by molar-refractivity contribution is 5.86. The van der Waals surface area contributed by atoms with Gasteiger partial charge in [0.2, 0.25) is 0 Å². The van der Waals surface area contributed by atoms with E-state index < -0.39 is 5.97 Å². The van der Waals surface area contributed by atoms with E-state index in [0.717, 1.165) is 11.3 Å². The molecule has 0 atom stereocenters. The van der Waals surface area contributed by atoms with E-state index in [1.54, 1.807) is 11.0 Å². The van der Waals surface area contributed by atoms with Crippen LogP contribution in [-0.2, 0) is 17.7 Å². The summed E-state index contributed by atoms with van der Waals surface area (Å²) in [6.45, 7) is 1.13. The van der Waals surface area contributed by atoms with Crippen molar-refractivity contribution in [3.63, 3.8) is 0 Å². The fraction of sp³-hybridized carbons (Fsp3) is 0.217. The Labute approximate surface area is 167 Å². The number of amides is 1. The molecule has 1 aliphatic carbocycles. The third-order valence-electron chi connectivity index (χ3n) is 5.82. The van der Waals surface area contributed by atoms with Gasteiger partial charge in [-0.1, -0.05) is 48.5 Å². The smallest absolute Gasteiger partial charge is 0.410 e. The molecule has 2 heterocycles. The first-order chi connectivity index (χ1) is 14.1. The molecule has 0 saturated heterocycles. The van der Waals surface area contributed by atoms with E-state index in [9.17, 15) is 9.59 Å². The molecule has 0 radical (unpaired) electrons. The molecule has 1 aliphatic heterocycles. The summed E-state index contributed by atoms with van der Waals surface area (Å²) in [5.41, 5.74) is 6.62. The molecule has 0 bridgehead atoms. The molecule has 5 rings (SSSR count). The number of carbonyl (C=O) groups excluding carboxylic acids is 1. The van der Waals surface area contributed by atoms with E-state index in [4.69, 9.17) is 9.84 Å². The van der Waals surface area contributed by atoms with Gasteiger partial charge in [0.05, 0.1) is 6.54 Å². The summed E-state index contributed by atoms with van der Waals surface area (Å²) in [6.07, 6.45) is 0.243. The van der Waals surface area contributed by atoms with Gasteiger partial charge in [-0.2, -0.15) is 0 Å². The van der Waals surface area contributed by atoms with E-state index >= 15 is 0 Å². The van der Waals surface area contributed by atoms with Gasteiger partial charge >= 0.3 is 12.1 Å². The van der Waals surface area contributed by atoms with Crippen molar-refractivity contribution < 1.29 is 19.4 Å². The van der Waals surface area contributed by atoms with Gasteiger partial charge < -0.3 is 19.7 Å². The van der Waals surface area contributed by atoms with Gasteiger partial charge in [0.1, 0.15) is 12.3 Å². The monoisotopic (exact) mass is 388 g/mol. The van der Waals surface area contributed by atoms with E-state index in [0.29, 0.717) is 19.5 Å². The number of aromatic amines is 1. The third kappa shape index (κ3) is 2.97. The Hall–Kier alpha value is -3.54. The average Bonchev–Trinajstić information content (AvgIpc) is 3.31. The summed E-state index contributed by atoms with van der Waals surface area (Å²) in [5, 5.41) is 9.14. The Morgan fingerprint density at radius 1 is 1.07 bits per heavy atom. The number of aromatic nitrogens is 1. The van der Waals surface area contributed by atoms with Crippen LogP contribution in [-0.4, -0.2) is 40.2 Å². The first-order valence-electron chi connectivity index (χ1n) is 9.66. The minimum absolute atomic E-state index is 0.0239. The molecular weight excluding hydrogens is 368 g/mol. The second kappa shape index (κ2) is 6.81. The first kappa shape index (κ1) is 17.6. The van der Waals surface area contributed by atoms with E-state index in [1.807, 2.05) is 24.3 Å². The molecule has 0 unspecified atom stereocenters. The Morgan fingerprint density at radius 2 is 1.72 bits per heavy atom. The summed E-state index contributed by atoms with van der Waals surface area (Å²) in [4.78, 5) is 28.4. The lowest BCUT2D eigenvalue weighted by atomic mass is 9.98. The summed E-state index contributed by atoms with van der Waals surface area (Å²) in [5.74, 6) is -0.970. The van der Waals surface area contributed by atoms with E-state index in [1.165, 1.54) is 22.3 Å². The molecule has 2 aromatic carbocycles. The van der Waals surface area contributed by atoms with Crippen LogP contribution in [0.1, 0.15) is 38.8 Å². The van der Waals surface area contributed by atoms with Crippen molar-refractivity contribution in [3.8, 4) is 11.1 Å². The maximum atomic E-state index is 12.7. The van der Waals surface area contributed by atoms with Crippen LogP contribution >= 0.6 is 0 Å². The number of nitrogens with zero attached hydrogens (tertiary/aromatic N) is 1. The number of ether oxygens (including phenoxy) is 1. The van der Waals surface area contributed by atoms with Crippen molar-refractivity contribution in [2.75, 3.05) is 13.2 Å². The maximum Gasteiger partial charge on any atom is 0.410 e. The van der Waals surface area contributed by atoms with Crippen LogP contribution in [0.2, 0.25) is 0 Å². The molecule has 2 aliphatic rings. The predicted octanol–water partition coefficient (Wildman–Crippen LogP) is 4.02. The van der Waals surface area contributed by atoms with Gasteiger partial charge in [-0.25, -0.2) is 9.59 Å². The summed E-state index contributed by atoms with van der Waals surface area (Å²) < 4.78 is 5.71. The molecule has 6 nitrogen and oxygen atoms in total. The summed E-state index contributed by atoms with van der Waals surface area (Å²) >= 11 is 0. The second-order valence-electron chi connectivity index (χ2n) is 7.47. The van der Waals surface area contributed by atoms with Gasteiger partial charge in [0.15, 0.2) is 0 Å². The average molecular weight is 388 g/mol. The predicted molar refractivity (Wildman–Crippen MR) is 107 cm³/mol. The Bertz CT molecular complexity index is 1070. The number of rotatable bonds is 3. The minimum Gasteiger partial charge on any atom is -0.477 e. The van der Waals surface area contributed by atoms with Crippen molar-refractivity contribution in [1.82, 2.24) is 9.88 Å². The van der Waals surface area contributed by atoms with Crippen molar-refractivity contribution in [3.05, 3.63) is 82.7 Å². The summed E-state index contributed by atoms with van der Waals surface area (Å²) in [6, 6.07) is 18.1. The third-order valence-corrected chi connectivity index (χ3v) is 5.82. The van der Waals surface area contributed by atoms with Gasteiger partial charge in [0.25, 0.3) is 0 Å². The molecule has 0 fully saturated rings. The van der Waals surface area contributed by atoms with Crippen molar-refractivity contribution >= 4 is 12.1 Å². The number of fused-ring (bicyclic) bond motifs is 4. The quantitative estimate of drug-likeness (QED) is 0.710. The Morgan fingerprint density at radius 3 is 2.38 bits per heavy atom. The van der Waals surface area contributed by atoms with E-state index in [-0.39, 0.29) is 24.3 Å². The number of benzene rings is 2. The largest absolute Gasteiger partial charge is 0.477 e. The topological polar surface area (TPSA) is 82.6 Å². The molecule has 6 heteroatoms. The molecule has 1 amide bonds. The second-order valence-corrected chi connectivity index (χ2v) is 7.47. The number of carbonyl (C=O) groups is 2. The number of hydrogen-bond acceptors (Lipinski definition) is 3. The van der Waals surface area contributed by atoms with Crippen LogP contribution in [0.25, 0.3) is 11.1 Å². The molecule has 2 N–H and O–H groups in total. The van der Waals surface area contributed by atoms with Gasteiger partial charge in [-0.05, 0) is 40.3 Å². The van der Waals surface area contributed by atoms with Crippen molar-refractivity contribution in [1.29, 1.82) is 0 Å². The highest BCUT2D eigenvalue weighted by Crippen LogP contribution is 2.44. The van der Waals surface area contributed by atoms with Crippen LogP contribution in [0.15, 0.2) is 54.6 Å². The zero-order valence-electron chi connectivity index (χ0n) is 15.7. The van der Waals surface area contributed by atoms with Crippen LogP contribution in [0, 0.1) is 0 Å². The fourth-order valence-electron chi connectivity index (χ4n) is 4.39. The molecular formula is C23H20N2O4. The first-order valence-corrected chi connectivity index (χ1v) is 9.66. The highest BCUT2D eigenvalue weighted by Gasteiger charge is 2.30. The number of carboxylic acids is 1. The highest BCUT2D eigenvalue weighted by atomic mass is 16.6.